The van der Waals surface area contributed by atoms with Crippen LogP contribution in [0.2, 0.25) is 0 Å². The normalized spacial score (nSPS) is 10.8. The standard InChI is InChI=1S/C13H11FN4O/c1-8-6-11-13(16-4-5-18(11)17-8)19-12-3-2-9(14)7-10(12)15/h2-7H,15H2,1H3. The van der Waals surface area contributed by atoms with Crippen LogP contribution in [-0.2, 0) is 0 Å². The lowest BCUT2D eigenvalue weighted by Crippen LogP contribution is -1.97. The quantitative estimate of drug-likeness (QED) is 0.717. The van der Waals surface area contributed by atoms with Crippen molar-refractivity contribution >= 4 is 11.2 Å². The van der Waals surface area contributed by atoms with E-state index < -0.39 is 5.82 Å². The number of fused-ring (bicyclic) bond motifs is 1. The largest absolute Gasteiger partial charge is 0.435 e. The van der Waals surface area contributed by atoms with E-state index in [4.69, 9.17) is 10.5 Å². The third-order valence-corrected chi connectivity index (χ3v) is 2.66. The van der Waals surface area contributed by atoms with Crippen molar-refractivity contribution in [1.82, 2.24) is 14.6 Å². The van der Waals surface area contributed by atoms with Gasteiger partial charge in [0.15, 0.2) is 5.75 Å². The lowest BCUT2D eigenvalue weighted by Gasteiger charge is -2.08. The Labute approximate surface area is 108 Å². The second-order valence-corrected chi connectivity index (χ2v) is 4.13. The number of rotatable bonds is 2. The zero-order valence-corrected chi connectivity index (χ0v) is 10.2. The molecule has 0 bridgehead atoms. The molecule has 3 rings (SSSR count). The van der Waals surface area contributed by atoms with Crippen LogP contribution in [0.3, 0.4) is 0 Å². The Morgan fingerprint density at radius 1 is 1.32 bits per heavy atom. The summed E-state index contributed by atoms with van der Waals surface area (Å²) in [5.41, 5.74) is 7.50. The van der Waals surface area contributed by atoms with Crippen molar-refractivity contribution in [2.75, 3.05) is 5.73 Å². The predicted octanol–water partition coefficient (Wildman–Crippen LogP) is 2.55. The first-order valence-electron chi connectivity index (χ1n) is 5.67. The number of halogens is 1. The Morgan fingerprint density at radius 2 is 2.16 bits per heavy atom. The van der Waals surface area contributed by atoms with Gasteiger partial charge in [0.2, 0.25) is 5.88 Å². The molecule has 1 aromatic carbocycles. The monoisotopic (exact) mass is 258 g/mol. The highest BCUT2D eigenvalue weighted by molar-refractivity contribution is 5.60. The molecule has 2 aromatic heterocycles. The number of hydrogen-bond donors (Lipinski definition) is 1. The topological polar surface area (TPSA) is 65.4 Å². The minimum absolute atomic E-state index is 0.222. The zero-order chi connectivity index (χ0) is 13.4. The third kappa shape index (κ3) is 2.08. The van der Waals surface area contributed by atoms with Crippen LogP contribution in [-0.4, -0.2) is 14.6 Å². The van der Waals surface area contributed by atoms with Crippen molar-refractivity contribution in [3.05, 3.63) is 48.2 Å². The molecule has 0 spiro atoms. The molecule has 5 nitrogen and oxygen atoms in total. The summed E-state index contributed by atoms with van der Waals surface area (Å²) in [6.45, 7) is 1.88. The molecule has 2 heterocycles. The maximum Gasteiger partial charge on any atom is 0.245 e. The minimum Gasteiger partial charge on any atom is -0.435 e. The fourth-order valence-electron chi connectivity index (χ4n) is 1.82. The van der Waals surface area contributed by atoms with Gasteiger partial charge in [0.25, 0.3) is 0 Å². The van der Waals surface area contributed by atoms with Crippen molar-refractivity contribution in [3.63, 3.8) is 0 Å². The van der Waals surface area contributed by atoms with E-state index in [0.29, 0.717) is 11.6 Å². The number of nitrogen functional groups attached to an aromatic ring is 1. The Balaban J connectivity index is 2.05. The molecule has 0 aliphatic carbocycles. The molecule has 0 saturated heterocycles. The van der Waals surface area contributed by atoms with Crippen LogP contribution in [0.15, 0.2) is 36.7 Å². The van der Waals surface area contributed by atoms with Crippen molar-refractivity contribution in [2.24, 2.45) is 0 Å². The summed E-state index contributed by atoms with van der Waals surface area (Å²) >= 11 is 0. The number of nitrogens with zero attached hydrogens (tertiary/aromatic N) is 3. The summed E-state index contributed by atoms with van der Waals surface area (Å²) in [5, 5.41) is 4.26. The van der Waals surface area contributed by atoms with E-state index in [-0.39, 0.29) is 5.69 Å². The van der Waals surface area contributed by atoms with Crippen LogP contribution in [0.1, 0.15) is 5.69 Å². The highest BCUT2D eigenvalue weighted by Gasteiger charge is 2.09. The highest BCUT2D eigenvalue weighted by atomic mass is 19.1. The summed E-state index contributed by atoms with van der Waals surface area (Å²) in [6, 6.07) is 5.81. The molecule has 19 heavy (non-hydrogen) atoms. The van der Waals surface area contributed by atoms with Gasteiger partial charge >= 0.3 is 0 Å². The fraction of sp³-hybridized carbons (Fsp3) is 0.0769. The SMILES string of the molecule is Cc1cc2c(Oc3ccc(F)cc3N)nccn2n1. The Bertz CT molecular complexity index is 753. The minimum atomic E-state index is -0.406. The summed E-state index contributed by atoms with van der Waals surface area (Å²) in [7, 11) is 0. The average molecular weight is 258 g/mol. The first-order chi connectivity index (χ1) is 9.13. The molecule has 2 N–H and O–H groups in total. The highest BCUT2D eigenvalue weighted by Crippen LogP contribution is 2.29. The van der Waals surface area contributed by atoms with Gasteiger partial charge < -0.3 is 10.5 Å². The van der Waals surface area contributed by atoms with Crippen molar-refractivity contribution < 1.29 is 9.13 Å². The summed E-state index contributed by atoms with van der Waals surface area (Å²) in [6.07, 6.45) is 3.30. The van der Waals surface area contributed by atoms with E-state index in [1.54, 1.807) is 16.9 Å². The number of aryl methyl sites for hydroxylation is 1. The Morgan fingerprint density at radius 3 is 2.95 bits per heavy atom. The number of nitrogens with two attached hydrogens (primary N) is 1. The van der Waals surface area contributed by atoms with E-state index in [2.05, 4.69) is 10.1 Å². The van der Waals surface area contributed by atoms with E-state index in [0.717, 1.165) is 11.2 Å². The van der Waals surface area contributed by atoms with E-state index >= 15 is 0 Å². The van der Waals surface area contributed by atoms with Gasteiger partial charge in [-0.05, 0) is 25.1 Å². The summed E-state index contributed by atoms with van der Waals surface area (Å²) in [5.74, 6) is 0.332. The Hall–Kier alpha value is -2.63. The van der Waals surface area contributed by atoms with E-state index in [1.807, 2.05) is 13.0 Å². The number of benzene rings is 1. The van der Waals surface area contributed by atoms with Gasteiger partial charge in [0.05, 0.1) is 11.4 Å². The smallest absolute Gasteiger partial charge is 0.245 e. The molecular weight excluding hydrogens is 247 g/mol. The average Bonchev–Trinajstić information content (AvgIpc) is 2.74. The number of hydrogen-bond acceptors (Lipinski definition) is 4. The van der Waals surface area contributed by atoms with Gasteiger partial charge in [-0.2, -0.15) is 5.10 Å². The third-order valence-electron chi connectivity index (χ3n) is 2.66. The van der Waals surface area contributed by atoms with Gasteiger partial charge in [-0.25, -0.2) is 13.9 Å². The fourth-order valence-corrected chi connectivity index (χ4v) is 1.82. The second-order valence-electron chi connectivity index (χ2n) is 4.13. The molecule has 0 saturated carbocycles. The lowest BCUT2D eigenvalue weighted by atomic mass is 10.3. The summed E-state index contributed by atoms with van der Waals surface area (Å²) < 4.78 is 20.3. The van der Waals surface area contributed by atoms with Crippen LogP contribution < -0.4 is 10.5 Å². The van der Waals surface area contributed by atoms with E-state index in [9.17, 15) is 4.39 Å². The molecule has 0 unspecified atom stereocenters. The zero-order valence-electron chi connectivity index (χ0n) is 10.2. The molecule has 0 aliphatic heterocycles. The van der Waals surface area contributed by atoms with Gasteiger partial charge in [-0.15, -0.1) is 0 Å². The number of anilines is 1. The van der Waals surface area contributed by atoms with Crippen LogP contribution in [0.5, 0.6) is 11.6 Å². The van der Waals surface area contributed by atoms with Crippen LogP contribution >= 0.6 is 0 Å². The first kappa shape index (κ1) is 11.5. The van der Waals surface area contributed by atoms with Crippen molar-refractivity contribution in [1.29, 1.82) is 0 Å². The molecule has 96 valence electrons. The second kappa shape index (κ2) is 4.24. The van der Waals surface area contributed by atoms with Crippen molar-refractivity contribution in [2.45, 2.75) is 6.92 Å². The molecular formula is C13H11FN4O. The Kier molecular flexibility index (Phi) is 2.56. The molecule has 0 aliphatic rings. The molecule has 0 atom stereocenters. The molecule has 0 radical (unpaired) electrons. The van der Waals surface area contributed by atoms with Crippen molar-refractivity contribution in [3.8, 4) is 11.6 Å². The predicted molar refractivity (Wildman–Crippen MR) is 68.6 cm³/mol. The van der Waals surface area contributed by atoms with Gasteiger partial charge in [-0.1, -0.05) is 0 Å². The maximum atomic E-state index is 13.0. The van der Waals surface area contributed by atoms with Gasteiger partial charge in [0.1, 0.15) is 11.3 Å². The molecule has 3 aromatic rings. The first-order valence-corrected chi connectivity index (χ1v) is 5.67. The lowest BCUT2D eigenvalue weighted by molar-refractivity contribution is 0.466. The van der Waals surface area contributed by atoms with Crippen LogP contribution in [0, 0.1) is 12.7 Å². The van der Waals surface area contributed by atoms with Gasteiger partial charge in [-0.3, -0.25) is 0 Å². The van der Waals surface area contributed by atoms with E-state index in [1.165, 1.54) is 18.2 Å². The number of ether oxygens (including phenoxy) is 1. The molecule has 0 amide bonds. The van der Waals surface area contributed by atoms with Crippen LogP contribution in [0.25, 0.3) is 5.52 Å². The van der Waals surface area contributed by atoms with Gasteiger partial charge in [0, 0.05) is 18.5 Å². The van der Waals surface area contributed by atoms with Crippen LogP contribution in [0.4, 0.5) is 10.1 Å². The molecule has 6 heteroatoms. The molecule has 0 fully saturated rings. The number of aromatic nitrogens is 3. The summed E-state index contributed by atoms with van der Waals surface area (Å²) in [4.78, 5) is 4.15. The maximum absolute atomic E-state index is 13.0.